The number of rotatable bonds is 4. The van der Waals surface area contributed by atoms with E-state index in [-0.39, 0.29) is 22.5 Å². The summed E-state index contributed by atoms with van der Waals surface area (Å²) in [6.45, 7) is 1.70. The fraction of sp³-hybridized carbons (Fsp3) is 0.167. The van der Waals surface area contributed by atoms with E-state index in [0.717, 1.165) is 23.0 Å². The minimum Gasteiger partial charge on any atom is -0.492 e. The molecule has 0 aliphatic rings. The van der Waals surface area contributed by atoms with Crippen molar-refractivity contribution in [1.29, 1.82) is 0 Å². The van der Waals surface area contributed by atoms with Crippen molar-refractivity contribution in [1.82, 2.24) is 29.5 Å². The van der Waals surface area contributed by atoms with Gasteiger partial charge in [-0.1, -0.05) is 12.1 Å². The minimum atomic E-state index is -4.43. The Morgan fingerprint density at radius 1 is 1.10 bits per heavy atom. The smallest absolute Gasteiger partial charge is 0.416 e. The van der Waals surface area contributed by atoms with Crippen LogP contribution in [0.15, 0.2) is 42.9 Å². The van der Waals surface area contributed by atoms with Crippen LogP contribution in [0.3, 0.4) is 0 Å². The third-order valence-electron chi connectivity index (χ3n) is 4.54. The van der Waals surface area contributed by atoms with Crippen LogP contribution in [0.25, 0.3) is 17.0 Å². The molecule has 30 heavy (non-hydrogen) atoms. The number of hydrogen-bond acceptors (Lipinski definition) is 6. The molecule has 9 nitrogen and oxygen atoms in total. The predicted octanol–water partition coefficient (Wildman–Crippen LogP) is 3.04. The summed E-state index contributed by atoms with van der Waals surface area (Å²) in [5.74, 6) is -1.67. The van der Waals surface area contributed by atoms with Crippen molar-refractivity contribution in [3.63, 3.8) is 0 Å². The normalized spacial score (nSPS) is 12.9. The van der Waals surface area contributed by atoms with E-state index in [1.165, 1.54) is 29.2 Å². The lowest BCUT2D eigenvalue weighted by molar-refractivity contribution is -0.137. The van der Waals surface area contributed by atoms with Gasteiger partial charge < -0.3 is 10.2 Å². The van der Waals surface area contributed by atoms with Gasteiger partial charge in [-0.25, -0.2) is 14.5 Å². The van der Waals surface area contributed by atoms with Crippen molar-refractivity contribution in [2.75, 3.05) is 0 Å². The second-order valence-electron chi connectivity index (χ2n) is 6.44. The maximum absolute atomic E-state index is 12.8. The predicted molar refractivity (Wildman–Crippen MR) is 96.3 cm³/mol. The van der Waals surface area contributed by atoms with E-state index in [4.69, 9.17) is 5.11 Å². The van der Waals surface area contributed by atoms with Crippen molar-refractivity contribution >= 4 is 17.0 Å². The maximum Gasteiger partial charge on any atom is 0.416 e. The number of aromatic carboxylic acids is 1. The largest absolute Gasteiger partial charge is 0.492 e. The molecule has 1 aromatic carbocycles. The molecule has 3 heterocycles. The Balaban J connectivity index is 1.71. The van der Waals surface area contributed by atoms with Gasteiger partial charge in [0.15, 0.2) is 0 Å². The lowest BCUT2D eigenvalue weighted by Crippen LogP contribution is -2.10. The zero-order chi connectivity index (χ0) is 21.6. The molecule has 4 aromatic rings. The molecule has 0 aliphatic heterocycles. The van der Waals surface area contributed by atoms with Crippen LogP contribution in [0.5, 0.6) is 5.88 Å². The Kier molecular flexibility index (Phi) is 4.41. The minimum absolute atomic E-state index is 0.0609. The van der Waals surface area contributed by atoms with E-state index in [0.29, 0.717) is 5.56 Å². The summed E-state index contributed by atoms with van der Waals surface area (Å²) < 4.78 is 40.8. The summed E-state index contributed by atoms with van der Waals surface area (Å²) in [4.78, 5) is 19.2. The number of nitrogens with zero attached hydrogens (tertiary/aromatic N) is 6. The van der Waals surface area contributed by atoms with Crippen molar-refractivity contribution < 1.29 is 28.2 Å². The number of halogens is 3. The zero-order valence-electron chi connectivity index (χ0n) is 15.2. The van der Waals surface area contributed by atoms with E-state index >= 15 is 0 Å². The molecule has 4 rings (SSSR count). The molecule has 154 valence electrons. The van der Waals surface area contributed by atoms with Crippen LogP contribution < -0.4 is 0 Å². The second kappa shape index (κ2) is 6.83. The van der Waals surface area contributed by atoms with Gasteiger partial charge in [-0.15, -0.1) is 0 Å². The quantitative estimate of drug-likeness (QED) is 0.523. The van der Waals surface area contributed by atoms with Crippen molar-refractivity contribution in [3.8, 4) is 11.8 Å². The molecule has 2 N–H and O–H groups in total. The van der Waals surface area contributed by atoms with Crippen molar-refractivity contribution in [3.05, 3.63) is 59.5 Å². The Morgan fingerprint density at radius 3 is 2.40 bits per heavy atom. The van der Waals surface area contributed by atoms with Gasteiger partial charge in [0.05, 0.1) is 29.6 Å². The third-order valence-corrected chi connectivity index (χ3v) is 4.54. The number of aromatic nitrogens is 6. The van der Waals surface area contributed by atoms with Crippen LogP contribution in [0, 0.1) is 0 Å². The van der Waals surface area contributed by atoms with Gasteiger partial charge in [-0.2, -0.15) is 28.4 Å². The first-order valence-corrected chi connectivity index (χ1v) is 8.55. The molecular weight excluding hydrogens is 405 g/mol. The number of hydrogen-bond donors (Lipinski definition) is 2. The molecule has 0 amide bonds. The molecule has 1 atom stereocenters. The fourth-order valence-electron chi connectivity index (χ4n) is 2.96. The van der Waals surface area contributed by atoms with Crippen molar-refractivity contribution in [2.45, 2.75) is 19.1 Å². The monoisotopic (exact) mass is 418 g/mol. The summed E-state index contributed by atoms with van der Waals surface area (Å²) >= 11 is 0. The van der Waals surface area contributed by atoms with Crippen LogP contribution in [-0.4, -0.2) is 45.7 Å². The molecule has 0 spiro atoms. The Bertz CT molecular complexity index is 1250. The van der Waals surface area contributed by atoms with E-state index < -0.39 is 29.6 Å². The van der Waals surface area contributed by atoms with E-state index in [2.05, 4.69) is 20.2 Å². The number of carboxylic acids is 1. The number of fused-ring (bicyclic) bond motifs is 1. The van der Waals surface area contributed by atoms with E-state index in [1.54, 1.807) is 6.92 Å². The van der Waals surface area contributed by atoms with Crippen LogP contribution in [-0.2, 0) is 6.18 Å². The SMILES string of the molecule is C[C@H](c1ccc(C(F)(F)F)cc1)n1ncc2nc(-n3cc(C(=O)O)cn3)nc(O)c21. The molecule has 3 aromatic heterocycles. The van der Waals surface area contributed by atoms with Crippen LogP contribution in [0.4, 0.5) is 13.2 Å². The maximum atomic E-state index is 12.8. The molecule has 0 bridgehead atoms. The zero-order valence-corrected chi connectivity index (χ0v) is 15.2. The highest BCUT2D eigenvalue weighted by molar-refractivity contribution is 5.87. The molecule has 0 saturated carbocycles. The molecule has 12 heteroatoms. The molecule has 0 unspecified atom stereocenters. The number of alkyl halides is 3. The summed E-state index contributed by atoms with van der Waals surface area (Å²) in [6.07, 6.45) is -0.765. The van der Waals surface area contributed by atoms with Crippen LogP contribution >= 0.6 is 0 Å². The number of carbonyl (C=O) groups is 1. The highest BCUT2D eigenvalue weighted by Gasteiger charge is 2.30. The Labute approximate surface area is 166 Å². The molecule has 0 radical (unpaired) electrons. The van der Waals surface area contributed by atoms with E-state index in [1.807, 2.05) is 0 Å². The lowest BCUT2D eigenvalue weighted by Gasteiger charge is -2.15. The average molecular weight is 418 g/mol. The van der Waals surface area contributed by atoms with Gasteiger partial charge in [0.25, 0.3) is 5.95 Å². The topological polar surface area (TPSA) is 119 Å². The highest BCUT2D eigenvalue weighted by atomic mass is 19.4. The fourth-order valence-corrected chi connectivity index (χ4v) is 2.96. The standard InChI is InChI=1S/C18H13F3N6O3/c1-9(10-2-4-12(5-3-10)18(19,20)21)27-14-13(7-23-27)24-17(25-15(14)28)26-8-11(6-22-26)16(29)30/h2-9H,1H3,(H,29,30)(H,24,25,28)/t9-/m1/s1. The summed E-state index contributed by atoms with van der Waals surface area (Å²) in [5.41, 5.74) is 0.124. The molecule has 0 aliphatic carbocycles. The Hall–Kier alpha value is -3.96. The highest BCUT2D eigenvalue weighted by Crippen LogP contribution is 2.32. The first-order chi connectivity index (χ1) is 14.1. The summed E-state index contributed by atoms with van der Waals surface area (Å²) in [6, 6.07) is 4.11. The number of aromatic hydroxyl groups is 1. The van der Waals surface area contributed by atoms with Crippen LogP contribution in [0.2, 0.25) is 0 Å². The van der Waals surface area contributed by atoms with Gasteiger partial charge >= 0.3 is 12.1 Å². The van der Waals surface area contributed by atoms with Gasteiger partial charge in [0.1, 0.15) is 11.0 Å². The molecule has 0 fully saturated rings. The Morgan fingerprint density at radius 2 is 1.80 bits per heavy atom. The number of benzene rings is 1. The average Bonchev–Trinajstić information content (AvgIpc) is 3.34. The third kappa shape index (κ3) is 3.32. The summed E-state index contributed by atoms with van der Waals surface area (Å²) in [5, 5.41) is 27.4. The van der Waals surface area contributed by atoms with Gasteiger partial charge in [0, 0.05) is 6.20 Å². The molecule has 0 saturated heterocycles. The first kappa shape index (κ1) is 19.4. The van der Waals surface area contributed by atoms with Crippen LogP contribution in [0.1, 0.15) is 34.5 Å². The van der Waals surface area contributed by atoms with Crippen molar-refractivity contribution in [2.24, 2.45) is 0 Å². The molecular formula is C18H13F3N6O3. The van der Waals surface area contributed by atoms with Gasteiger partial charge in [0.2, 0.25) is 5.88 Å². The first-order valence-electron chi connectivity index (χ1n) is 8.55. The lowest BCUT2D eigenvalue weighted by atomic mass is 10.1. The van der Waals surface area contributed by atoms with Gasteiger partial charge in [-0.3, -0.25) is 4.68 Å². The van der Waals surface area contributed by atoms with E-state index in [9.17, 15) is 23.1 Å². The second-order valence-corrected chi connectivity index (χ2v) is 6.44. The number of carboxylic acid groups (broad SMARTS) is 1. The summed E-state index contributed by atoms with van der Waals surface area (Å²) in [7, 11) is 0. The van der Waals surface area contributed by atoms with Gasteiger partial charge in [-0.05, 0) is 24.6 Å².